The lowest BCUT2D eigenvalue weighted by Gasteiger charge is -2.23. The summed E-state index contributed by atoms with van der Waals surface area (Å²) in [5.41, 5.74) is 1.76. The van der Waals surface area contributed by atoms with Gasteiger partial charge in [-0.3, -0.25) is 28.8 Å². The largest absolute Gasteiger partial charge is 0.481 e. The summed E-state index contributed by atoms with van der Waals surface area (Å²) in [5, 5.41) is 23.9. The number of hydrogen-bond donors (Lipinski definition) is 7. The van der Waals surface area contributed by atoms with Crippen LogP contribution >= 0.6 is 0 Å². The number of carbonyl (C=O) groups is 6. The van der Waals surface area contributed by atoms with Gasteiger partial charge in [-0.05, 0) is 77.0 Å². The average molecular weight is 601 g/mol. The second-order valence-corrected chi connectivity index (χ2v) is 14.6. The van der Waals surface area contributed by atoms with Crippen LogP contribution in [0.25, 0.3) is 0 Å². The maximum absolute atomic E-state index is 13.1. The molecule has 13 nitrogen and oxygen atoms in total. The minimum atomic E-state index is -0.888. The number of carboxylic acid groups (broad SMARTS) is 1. The first kappa shape index (κ1) is 29.8. The molecule has 0 aliphatic heterocycles. The molecule has 6 rings (SSSR count). The third-order valence-corrected chi connectivity index (χ3v) is 11.3. The van der Waals surface area contributed by atoms with Crippen molar-refractivity contribution in [3.05, 3.63) is 0 Å². The standard InChI is InChI=1S/C30H44N6O7/c31-13-25(1-2-25)19(37)32-14-26(3-4-26)20(38)33-15-27(5-6-27)21(39)34-16-28(7-8-28)22(40)35-17-29(9-10-29)23(41)36-18-30(11-12-30)24(42)43/h1-18,31H2,(H,32,37)(H,33,38)(H,34,39)(H,35,40)(H,36,41)(H,42,43). The van der Waals surface area contributed by atoms with Crippen molar-refractivity contribution >= 4 is 35.5 Å². The summed E-state index contributed by atoms with van der Waals surface area (Å²) in [6, 6.07) is 0. The van der Waals surface area contributed by atoms with Crippen LogP contribution in [0.15, 0.2) is 0 Å². The van der Waals surface area contributed by atoms with Gasteiger partial charge in [0.05, 0.1) is 32.5 Å². The van der Waals surface area contributed by atoms with Gasteiger partial charge in [0.1, 0.15) is 0 Å². The molecule has 0 saturated heterocycles. The maximum Gasteiger partial charge on any atom is 0.311 e. The van der Waals surface area contributed by atoms with Crippen molar-refractivity contribution in [3.8, 4) is 0 Å². The highest BCUT2D eigenvalue weighted by atomic mass is 16.4. The van der Waals surface area contributed by atoms with Crippen molar-refractivity contribution in [1.82, 2.24) is 26.6 Å². The van der Waals surface area contributed by atoms with E-state index in [1.807, 2.05) is 0 Å². The molecule has 6 aliphatic carbocycles. The number of carbonyl (C=O) groups excluding carboxylic acids is 5. The zero-order valence-electron chi connectivity index (χ0n) is 24.7. The van der Waals surface area contributed by atoms with Crippen molar-refractivity contribution < 1.29 is 33.9 Å². The van der Waals surface area contributed by atoms with E-state index in [1.54, 1.807) is 0 Å². The van der Waals surface area contributed by atoms with Crippen LogP contribution in [0.3, 0.4) is 0 Å². The molecule has 236 valence electrons. The molecule has 6 fully saturated rings. The Morgan fingerprint density at radius 2 is 0.628 bits per heavy atom. The summed E-state index contributed by atoms with van der Waals surface area (Å²) in [6.07, 6.45) is 7.94. The van der Waals surface area contributed by atoms with Crippen molar-refractivity contribution in [2.24, 2.45) is 38.2 Å². The Hall–Kier alpha value is -3.22. The first-order chi connectivity index (χ1) is 20.4. The van der Waals surface area contributed by atoms with Crippen LogP contribution in [-0.4, -0.2) is 79.9 Å². The quantitative estimate of drug-likeness (QED) is 0.113. The van der Waals surface area contributed by atoms with Crippen molar-refractivity contribution in [1.29, 1.82) is 0 Å². The lowest BCUT2D eigenvalue weighted by molar-refractivity contribution is -0.143. The highest BCUT2D eigenvalue weighted by molar-refractivity contribution is 5.92. The first-order valence-corrected chi connectivity index (χ1v) is 15.7. The van der Waals surface area contributed by atoms with E-state index in [9.17, 15) is 33.9 Å². The van der Waals surface area contributed by atoms with Crippen LogP contribution in [0.4, 0.5) is 0 Å². The third kappa shape index (κ3) is 5.72. The van der Waals surface area contributed by atoms with E-state index in [-0.39, 0.29) is 62.3 Å². The summed E-state index contributed by atoms with van der Waals surface area (Å²) in [6.45, 7) is 1.32. The molecule has 0 unspecified atom stereocenters. The fourth-order valence-electron chi connectivity index (χ4n) is 6.02. The van der Waals surface area contributed by atoms with Crippen molar-refractivity contribution in [2.75, 3.05) is 39.3 Å². The number of hydrogen-bond acceptors (Lipinski definition) is 7. The molecule has 6 aliphatic rings. The summed E-state index contributed by atoms with van der Waals surface area (Å²) < 4.78 is 0. The van der Waals surface area contributed by atoms with Crippen LogP contribution in [0, 0.1) is 32.5 Å². The van der Waals surface area contributed by atoms with Gasteiger partial charge < -0.3 is 37.4 Å². The molecule has 0 spiro atoms. The molecule has 0 radical (unpaired) electrons. The molecule has 0 atom stereocenters. The number of rotatable bonds is 17. The summed E-state index contributed by atoms with van der Waals surface area (Å²) in [5.74, 6) is -1.68. The van der Waals surface area contributed by atoms with Gasteiger partial charge in [-0.15, -0.1) is 0 Å². The smallest absolute Gasteiger partial charge is 0.311 e. The molecule has 8 N–H and O–H groups in total. The lowest BCUT2D eigenvalue weighted by atomic mass is 10.0. The molecule has 0 aromatic carbocycles. The predicted molar refractivity (Wildman–Crippen MR) is 152 cm³/mol. The topological polar surface area (TPSA) is 209 Å². The van der Waals surface area contributed by atoms with Crippen LogP contribution in [0.2, 0.25) is 0 Å². The van der Waals surface area contributed by atoms with Gasteiger partial charge in [0.15, 0.2) is 0 Å². The van der Waals surface area contributed by atoms with E-state index in [0.717, 1.165) is 12.8 Å². The molecule has 13 heteroatoms. The van der Waals surface area contributed by atoms with Crippen molar-refractivity contribution in [3.63, 3.8) is 0 Å². The first-order valence-electron chi connectivity index (χ1n) is 15.7. The van der Waals surface area contributed by atoms with Crippen LogP contribution < -0.4 is 32.3 Å². The zero-order valence-corrected chi connectivity index (χ0v) is 24.7. The molecule has 43 heavy (non-hydrogen) atoms. The minimum absolute atomic E-state index is 0.0806. The molecular weight excluding hydrogens is 556 g/mol. The van der Waals surface area contributed by atoms with Crippen molar-refractivity contribution in [2.45, 2.75) is 77.0 Å². The number of amides is 5. The molecule has 5 amide bonds. The molecule has 6 saturated carbocycles. The van der Waals surface area contributed by atoms with Crippen LogP contribution in [-0.2, 0) is 28.8 Å². The van der Waals surface area contributed by atoms with Gasteiger partial charge >= 0.3 is 5.97 Å². The summed E-state index contributed by atoms with van der Waals surface area (Å²) in [4.78, 5) is 75.8. The average Bonchev–Trinajstić information content (AvgIpc) is 3.83. The van der Waals surface area contributed by atoms with Gasteiger partial charge in [-0.25, -0.2) is 0 Å². The Bertz CT molecular complexity index is 1240. The minimum Gasteiger partial charge on any atom is -0.481 e. The fourth-order valence-corrected chi connectivity index (χ4v) is 6.02. The van der Waals surface area contributed by atoms with E-state index in [4.69, 9.17) is 5.73 Å². The molecule has 0 aromatic heterocycles. The van der Waals surface area contributed by atoms with E-state index >= 15 is 0 Å². The molecule has 0 aromatic rings. The SMILES string of the molecule is NCC1(C(=O)NCC2(C(=O)NCC3(C(=O)NCC4(C(=O)NCC5(C(=O)NCC6(C(=O)O)CC6)CC5)CC4)CC3)CC2)CC1. The van der Waals surface area contributed by atoms with Gasteiger partial charge in [0.2, 0.25) is 29.5 Å². The van der Waals surface area contributed by atoms with Gasteiger partial charge in [-0.2, -0.15) is 0 Å². The third-order valence-electron chi connectivity index (χ3n) is 11.3. The van der Waals surface area contributed by atoms with E-state index in [0.29, 0.717) is 70.8 Å². The fraction of sp³-hybridized carbons (Fsp3) is 0.800. The molecular formula is C30H44N6O7. The second kappa shape index (κ2) is 10.2. The summed E-state index contributed by atoms with van der Waals surface area (Å²) >= 11 is 0. The number of aliphatic carboxylic acids is 1. The monoisotopic (exact) mass is 600 g/mol. The molecule has 0 bridgehead atoms. The van der Waals surface area contributed by atoms with Crippen LogP contribution in [0.1, 0.15) is 77.0 Å². The van der Waals surface area contributed by atoms with Gasteiger partial charge in [0.25, 0.3) is 0 Å². The van der Waals surface area contributed by atoms with Gasteiger partial charge in [0, 0.05) is 39.3 Å². The Balaban J connectivity index is 0.919. The number of nitrogens with two attached hydrogens (primary N) is 1. The highest BCUT2D eigenvalue weighted by Gasteiger charge is 2.58. The van der Waals surface area contributed by atoms with Gasteiger partial charge in [-0.1, -0.05) is 0 Å². The summed E-state index contributed by atoms with van der Waals surface area (Å²) in [7, 11) is 0. The maximum atomic E-state index is 13.1. The lowest BCUT2D eigenvalue weighted by Crippen LogP contribution is -2.48. The predicted octanol–water partition coefficient (Wildman–Crippen LogP) is -0.708. The Morgan fingerprint density at radius 3 is 0.814 bits per heavy atom. The Morgan fingerprint density at radius 1 is 0.419 bits per heavy atom. The van der Waals surface area contributed by atoms with E-state index in [1.165, 1.54) is 0 Å². The Labute approximate surface area is 250 Å². The van der Waals surface area contributed by atoms with E-state index < -0.39 is 38.5 Å². The number of nitrogens with one attached hydrogen (secondary N) is 5. The Kier molecular flexibility index (Phi) is 7.06. The van der Waals surface area contributed by atoms with Crippen LogP contribution in [0.5, 0.6) is 0 Å². The van der Waals surface area contributed by atoms with E-state index in [2.05, 4.69) is 26.6 Å². The number of carboxylic acids is 1. The molecule has 0 heterocycles. The second-order valence-electron chi connectivity index (χ2n) is 14.6. The highest BCUT2D eigenvalue weighted by Crippen LogP contribution is 2.51. The zero-order chi connectivity index (χ0) is 30.7. The normalized spacial score (nSPS) is 25.6.